The highest BCUT2D eigenvalue weighted by Crippen LogP contribution is 2.28. The van der Waals surface area contributed by atoms with Gasteiger partial charge in [0.05, 0.1) is 0 Å². The minimum absolute atomic E-state index is 0.159. The number of aromatic nitrogens is 3. The highest BCUT2D eigenvalue weighted by atomic mass is 16.2. The first-order chi connectivity index (χ1) is 12.8. The molecule has 2 aromatic rings. The molecule has 2 aromatic heterocycles. The van der Waals surface area contributed by atoms with Gasteiger partial charge in [-0.1, -0.05) is 6.92 Å². The molecule has 0 unspecified atom stereocenters. The van der Waals surface area contributed by atoms with E-state index >= 15 is 0 Å². The van der Waals surface area contributed by atoms with E-state index in [1.165, 1.54) is 0 Å². The molecule has 1 aliphatic heterocycles. The molecular weight excluding hydrogens is 340 g/mol. The zero-order chi connectivity index (χ0) is 19.7. The SMILES string of the molecule is CCc1c(C)cc(C(=O)N2CCC[C@H](c3nccn3C(C)C)C2)c(=O)n1C. The molecule has 1 saturated heterocycles. The van der Waals surface area contributed by atoms with E-state index in [-0.39, 0.29) is 22.9 Å². The maximum absolute atomic E-state index is 13.1. The van der Waals surface area contributed by atoms with Crippen molar-refractivity contribution in [3.63, 3.8) is 0 Å². The van der Waals surface area contributed by atoms with Gasteiger partial charge in [-0.25, -0.2) is 4.98 Å². The number of rotatable bonds is 4. The van der Waals surface area contributed by atoms with Crippen LogP contribution in [0, 0.1) is 6.92 Å². The van der Waals surface area contributed by atoms with Crippen LogP contribution < -0.4 is 5.56 Å². The van der Waals surface area contributed by atoms with Crippen molar-refractivity contribution in [3.8, 4) is 0 Å². The van der Waals surface area contributed by atoms with Gasteiger partial charge in [-0.3, -0.25) is 9.59 Å². The van der Waals surface area contributed by atoms with Crippen LogP contribution in [0.15, 0.2) is 23.3 Å². The third-order valence-corrected chi connectivity index (χ3v) is 5.65. The molecule has 0 aliphatic carbocycles. The van der Waals surface area contributed by atoms with Gasteiger partial charge >= 0.3 is 0 Å². The molecular formula is C21H30N4O2. The fourth-order valence-corrected chi connectivity index (χ4v) is 4.22. The molecule has 0 radical (unpaired) electrons. The summed E-state index contributed by atoms with van der Waals surface area (Å²) in [5.74, 6) is 1.08. The molecule has 6 heteroatoms. The van der Waals surface area contributed by atoms with Crippen LogP contribution in [0.1, 0.15) is 73.0 Å². The van der Waals surface area contributed by atoms with Gasteiger partial charge in [0.2, 0.25) is 0 Å². The first kappa shape index (κ1) is 19.4. The van der Waals surface area contributed by atoms with Crippen LogP contribution >= 0.6 is 0 Å². The summed E-state index contributed by atoms with van der Waals surface area (Å²) < 4.78 is 3.80. The first-order valence-corrected chi connectivity index (χ1v) is 9.86. The number of hydrogen-bond donors (Lipinski definition) is 0. The molecule has 146 valence electrons. The van der Waals surface area contributed by atoms with E-state index in [0.29, 0.717) is 19.1 Å². The summed E-state index contributed by atoms with van der Waals surface area (Å²) in [6, 6.07) is 2.10. The largest absolute Gasteiger partial charge is 0.338 e. The van der Waals surface area contributed by atoms with Crippen LogP contribution in [-0.2, 0) is 13.5 Å². The molecule has 6 nitrogen and oxygen atoms in total. The van der Waals surface area contributed by atoms with Gasteiger partial charge in [0.25, 0.3) is 11.5 Å². The van der Waals surface area contributed by atoms with Gasteiger partial charge in [0.15, 0.2) is 0 Å². The Hall–Kier alpha value is -2.37. The third kappa shape index (κ3) is 3.57. The minimum atomic E-state index is -0.201. The second kappa shape index (κ2) is 7.71. The summed E-state index contributed by atoms with van der Waals surface area (Å²) in [6.07, 6.45) is 6.55. The standard InChI is InChI=1S/C21H30N4O2/c1-6-18-15(4)12-17(20(26)23(18)5)21(27)24-10-7-8-16(13-24)19-22-9-11-25(19)14(2)3/h9,11-12,14,16H,6-8,10,13H2,1-5H3/t16-/m0/s1. The number of hydrogen-bond acceptors (Lipinski definition) is 3. The van der Waals surface area contributed by atoms with Crippen LogP contribution in [0.25, 0.3) is 0 Å². The zero-order valence-corrected chi connectivity index (χ0v) is 17.0. The van der Waals surface area contributed by atoms with Gasteiger partial charge in [-0.15, -0.1) is 0 Å². The van der Waals surface area contributed by atoms with Gasteiger partial charge < -0.3 is 14.0 Å². The van der Waals surface area contributed by atoms with E-state index in [9.17, 15) is 9.59 Å². The molecule has 3 heterocycles. The van der Waals surface area contributed by atoms with Gasteiger partial charge in [-0.2, -0.15) is 0 Å². The number of carbonyl (C=O) groups excluding carboxylic acids is 1. The smallest absolute Gasteiger partial charge is 0.263 e. The Bertz CT molecular complexity index is 894. The molecule has 1 amide bonds. The Morgan fingerprint density at radius 1 is 1.37 bits per heavy atom. The molecule has 0 bridgehead atoms. The summed E-state index contributed by atoms with van der Waals surface area (Å²) in [4.78, 5) is 32.3. The Balaban J connectivity index is 1.88. The number of aryl methyl sites for hydroxylation is 1. The number of amides is 1. The highest BCUT2D eigenvalue weighted by molar-refractivity contribution is 5.94. The molecule has 0 saturated carbocycles. The number of imidazole rings is 1. The number of nitrogens with zero attached hydrogens (tertiary/aromatic N) is 4. The third-order valence-electron chi connectivity index (χ3n) is 5.65. The molecule has 0 spiro atoms. The predicted octanol–water partition coefficient (Wildman–Crippen LogP) is 3.05. The van der Waals surface area contributed by atoms with Crippen LogP contribution in [-0.4, -0.2) is 38.0 Å². The number of piperidine rings is 1. The molecule has 0 N–H and O–H groups in total. The Kier molecular flexibility index (Phi) is 5.53. The minimum Gasteiger partial charge on any atom is -0.338 e. The van der Waals surface area contributed by atoms with E-state index in [1.807, 2.05) is 31.1 Å². The van der Waals surface area contributed by atoms with Crippen molar-refractivity contribution < 1.29 is 4.79 Å². The molecule has 3 rings (SSSR count). The molecule has 27 heavy (non-hydrogen) atoms. The van der Waals surface area contributed by atoms with Crippen LogP contribution in [0.5, 0.6) is 0 Å². The lowest BCUT2D eigenvalue weighted by atomic mass is 9.96. The Morgan fingerprint density at radius 2 is 2.11 bits per heavy atom. The van der Waals surface area contributed by atoms with Crippen molar-refractivity contribution in [2.75, 3.05) is 13.1 Å². The second-order valence-corrected chi connectivity index (χ2v) is 7.78. The van der Waals surface area contributed by atoms with Crippen LogP contribution in [0.3, 0.4) is 0 Å². The van der Waals surface area contributed by atoms with Crippen LogP contribution in [0.2, 0.25) is 0 Å². The van der Waals surface area contributed by atoms with E-state index in [4.69, 9.17) is 0 Å². The number of pyridine rings is 1. The van der Waals surface area contributed by atoms with E-state index in [2.05, 4.69) is 23.4 Å². The summed E-state index contributed by atoms with van der Waals surface area (Å²) in [7, 11) is 1.75. The average Bonchev–Trinajstić information content (AvgIpc) is 3.15. The Morgan fingerprint density at radius 3 is 2.78 bits per heavy atom. The fourth-order valence-electron chi connectivity index (χ4n) is 4.22. The summed E-state index contributed by atoms with van der Waals surface area (Å²) in [5, 5.41) is 0. The molecule has 0 aromatic carbocycles. The lowest BCUT2D eigenvalue weighted by Gasteiger charge is -2.33. The number of likely N-dealkylation sites (tertiary alicyclic amines) is 1. The second-order valence-electron chi connectivity index (χ2n) is 7.78. The molecule has 1 atom stereocenters. The maximum Gasteiger partial charge on any atom is 0.263 e. The fraction of sp³-hybridized carbons (Fsp3) is 0.571. The summed E-state index contributed by atoms with van der Waals surface area (Å²) >= 11 is 0. The van der Waals surface area contributed by atoms with Crippen molar-refractivity contribution in [3.05, 3.63) is 51.5 Å². The molecule has 1 fully saturated rings. The number of carbonyl (C=O) groups is 1. The first-order valence-electron chi connectivity index (χ1n) is 9.86. The van der Waals surface area contributed by atoms with E-state index in [1.54, 1.807) is 17.7 Å². The zero-order valence-electron chi connectivity index (χ0n) is 17.0. The predicted molar refractivity (Wildman–Crippen MR) is 106 cm³/mol. The molecule has 1 aliphatic rings. The van der Waals surface area contributed by atoms with Crippen molar-refractivity contribution in [1.82, 2.24) is 19.0 Å². The van der Waals surface area contributed by atoms with E-state index < -0.39 is 0 Å². The van der Waals surface area contributed by atoms with Crippen molar-refractivity contribution >= 4 is 5.91 Å². The van der Waals surface area contributed by atoms with Gasteiger partial charge in [-0.05, 0) is 51.7 Å². The van der Waals surface area contributed by atoms with Gasteiger partial charge in [0.1, 0.15) is 11.4 Å². The van der Waals surface area contributed by atoms with Crippen molar-refractivity contribution in [2.45, 2.75) is 58.9 Å². The van der Waals surface area contributed by atoms with Crippen molar-refractivity contribution in [2.24, 2.45) is 7.05 Å². The monoisotopic (exact) mass is 370 g/mol. The summed E-state index contributed by atoms with van der Waals surface area (Å²) in [5.41, 5.74) is 2.05. The van der Waals surface area contributed by atoms with Gasteiger partial charge in [0, 0.05) is 50.2 Å². The topological polar surface area (TPSA) is 60.1 Å². The van der Waals surface area contributed by atoms with E-state index in [0.717, 1.165) is 36.3 Å². The quantitative estimate of drug-likeness (QED) is 0.831. The maximum atomic E-state index is 13.1. The lowest BCUT2D eigenvalue weighted by Crippen LogP contribution is -2.42. The van der Waals surface area contributed by atoms with Crippen molar-refractivity contribution in [1.29, 1.82) is 0 Å². The normalized spacial score (nSPS) is 17.6. The average molecular weight is 370 g/mol. The highest BCUT2D eigenvalue weighted by Gasteiger charge is 2.30. The van der Waals surface area contributed by atoms with Crippen LogP contribution in [0.4, 0.5) is 0 Å². The summed E-state index contributed by atoms with van der Waals surface area (Å²) in [6.45, 7) is 9.57. The Labute approximate surface area is 160 Å². The lowest BCUT2D eigenvalue weighted by molar-refractivity contribution is 0.0700.